The van der Waals surface area contributed by atoms with Crippen molar-refractivity contribution in [1.82, 2.24) is 5.43 Å². The van der Waals surface area contributed by atoms with Crippen LogP contribution in [0.4, 0.5) is 4.39 Å². The molecular formula is C15H16BrFN2. The summed E-state index contributed by atoms with van der Waals surface area (Å²) in [6, 6.07) is 10.6. The molecule has 0 aliphatic carbocycles. The number of nitrogens with one attached hydrogen (secondary N) is 1. The first-order valence-electron chi connectivity index (χ1n) is 6.01. The Bertz CT molecular complexity index is 599. The monoisotopic (exact) mass is 322 g/mol. The summed E-state index contributed by atoms with van der Waals surface area (Å²) < 4.78 is 14.9. The highest BCUT2D eigenvalue weighted by Gasteiger charge is 2.17. The predicted octanol–water partition coefficient (Wildman–Crippen LogP) is 3.76. The van der Waals surface area contributed by atoms with Gasteiger partial charge in [-0.25, -0.2) is 9.82 Å². The van der Waals surface area contributed by atoms with Crippen LogP contribution in [0.2, 0.25) is 0 Å². The molecule has 4 heteroatoms. The summed E-state index contributed by atoms with van der Waals surface area (Å²) in [7, 11) is 0. The summed E-state index contributed by atoms with van der Waals surface area (Å²) in [5.74, 6) is 5.35. The second-order valence-electron chi connectivity index (χ2n) is 4.63. The number of hydrazine groups is 1. The molecule has 1 unspecified atom stereocenters. The topological polar surface area (TPSA) is 38.0 Å². The fourth-order valence-corrected chi connectivity index (χ4v) is 2.44. The molecule has 0 aliphatic rings. The van der Waals surface area contributed by atoms with Gasteiger partial charge in [0.25, 0.3) is 0 Å². The highest BCUT2D eigenvalue weighted by Crippen LogP contribution is 2.28. The summed E-state index contributed by atoms with van der Waals surface area (Å²) in [6.07, 6.45) is 0. The van der Waals surface area contributed by atoms with Gasteiger partial charge in [-0.1, -0.05) is 45.8 Å². The Morgan fingerprint density at radius 1 is 1.16 bits per heavy atom. The van der Waals surface area contributed by atoms with Gasteiger partial charge in [0.1, 0.15) is 5.82 Å². The largest absolute Gasteiger partial charge is 0.271 e. The first-order chi connectivity index (χ1) is 9.02. The Labute approximate surface area is 120 Å². The molecule has 0 amide bonds. The molecule has 2 nitrogen and oxygen atoms in total. The van der Waals surface area contributed by atoms with Gasteiger partial charge in [-0.15, -0.1) is 0 Å². The standard InChI is InChI=1S/C15H16BrFN2/c1-9-3-6-14(17)12(7-9)15(19-18)11-5-4-10(2)13(16)8-11/h3-8,15,19H,18H2,1-2H3. The molecule has 2 aromatic carbocycles. The number of hydrogen-bond donors (Lipinski definition) is 2. The summed E-state index contributed by atoms with van der Waals surface area (Å²) in [4.78, 5) is 0. The molecule has 0 aliphatic heterocycles. The zero-order valence-electron chi connectivity index (χ0n) is 10.9. The van der Waals surface area contributed by atoms with E-state index in [1.807, 2.05) is 38.1 Å². The SMILES string of the molecule is Cc1ccc(F)c(C(NN)c2ccc(C)c(Br)c2)c1. The van der Waals surface area contributed by atoms with E-state index in [0.717, 1.165) is 21.2 Å². The quantitative estimate of drug-likeness (QED) is 0.667. The third kappa shape index (κ3) is 3.03. The molecule has 0 radical (unpaired) electrons. The van der Waals surface area contributed by atoms with Gasteiger partial charge >= 0.3 is 0 Å². The summed E-state index contributed by atoms with van der Waals surface area (Å²) >= 11 is 3.49. The molecule has 0 saturated heterocycles. The van der Waals surface area contributed by atoms with Crippen molar-refractivity contribution in [2.45, 2.75) is 19.9 Å². The van der Waals surface area contributed by atoms with Crippen LogP contribution >= 0.6 is 15.9 Å². The van der Waals surface area contributed by atoms with Gasteiger partial charge in [-0.3, -0.25) is 5.84 Å². The average Bonchev–Trinajstić information content (AvgIpc) is 2.38. The number of benzene rings is 2. The van der Waals surface area contributed by atoms with Crippen molar-refractivity contribution < 1.29 is 4.39 Å². The smallest absolute Gasteiger partial charge is 0.128 e. The van der Waals surface area contributed by atoms with Gasteiger partial charge in [0, 0.05) is 10.0 Å². The van der Waals surface area contributed by atoms with Crippen LogP contribution in [0.15, 0.2) is 40.9 Å². The van der Waals surface area contributed by atoms with Crippen molar-refractivity contribution in [2.24, 2.45) is 5.84 Å². The van der Waals surface area contributed by atoms with Crippen molar-refractivity contribution in [3.05, 3.63) is 68.9 Å². The minimum Gasteiger partial charge on any atom is -0.271 e. The minimum atomic E-state index is -0.364. The Hall–Kier alpha value is -1.23. The summed E-state index contributed by atoms with van der Waals surface area (Å²) in [5, 5.41) is 0. The highest BCUT2D eigenvalue weighted by molar-refractivity contribution is 9.10. The van der Waals surface area contributed by atoms with Crippen LogP contribution in [0.1, 0.15) is 28.3 Å². The second kappa shape index (κ2) is 5.82. The van der Waals surface area contributed by atoms with Crippen LogP contribution in [0.5, 0.6) is 0 Å². The second-order valence-corrected chi connectivity index (χ2v) is 5.49. The van der Waals surface area contributed by atoms with Crippen molar-refractivity contribution in [3.63, 3.8) is 0 Å². The van der Waals surface area contributed by atoms with Crippen molar-refractivity contribution in [1.29, 1.82) is 0 Å². The lowest BCUT2D eigenvalue weighted by molar-refractivity contribution is 0.559. The van der Waals surface area contributed by atoms with Crippen LogP contribution in [0, 0.1) is 19.7 Å². The lowest BCUT2D eigenvalue weighted by atomic mass is 9.96. The molecule has 100 valence electrons. The maximum atomic E-state index is 14.0. The van der Waals surface area contributed by atoms with E-state index in [9.17, 15) is 4.39 Å². The number of aryl methyl sites for hydroxylation is 2. The van der Waals surface area contributed by atoms with Crippen molar-refractivity contribution in [3.8, 4) is 0 Å². The first-order valence-corrected chi connectivity index (χ1v) is 6.80. The number of halogens is 2. The molecule has 0 heterocycles. The lowest BCUT2D eigenvalue weighted by Gasteiger charge is -2.19. The van der Waals surface area contributed by atoms with E-state index >= 15 is 0 Å². The van der Waals surface area contributed by atoms with Gasteiger partial charge in [0.2, 0.25) is 0 Å². The third-order valence-electron chi connectivity index (χ3n) is 3.16. The Morgan fingerprint density at radius 3 is 2.53 bits per heavy atom. The van der Waals surface area contributed by atoms with E-state index in [0.29, 0.717) is 5.56 Å². The maximum Gasteiger partial charge on any atom is 0.128 e. The van der Waals surface area contributed by atoms with E-state index in [4.69, 9.17) is 5.84 Å². The van der Waals surface area contributed by atoms with Gasteiger partial charge < -0.3 is 0 Å². The molecule has 0 saturated carbocycles. The lowest BCUT2D eigenvalue weighted by Crippen LogP contribution is -2.29. The third-order valence-corrected chi connectivity index (χ3v) is 4.01. The van der Waals surface area contributed by atoms with Crippen LogP contribution in [-0.2, 0) is 0 Å². The molecule has 19 heavy (non-hydrogen) atoms. The van der Waals surface area contributed by atoms with Gasteiger partial charge in [0.15, 0.2) is 0 Å². The average molecular weight is 323 g/mol. The fourth-order valence-electron chi connectivity index (χ4n) is 2.04. The number of hydrogen-bond acceptors (Lipinski definition) is 2. The molecule has 0 spiro atoms. The maximum absolute atomic E-state index is 14.0. The number of rotatable bonds is 3. The minimum absolute atomic E-state index is 0.259. The molecule has 3 N–H and O–H groups in total. The van der Waals surface area contributed by atoms with Crippen molar-refractivity contribution in [2.75, 3.05) is 0 Å². The number of nitrogens with two attached hydrogens (primary N) is 1. The zero-order valence-corrected chi connectivity index (χ0v) is 12.5. The normalized spacial score (nSPS) is 12.5. The van der Waals surface area contributed by atoms with Crippen LogP contribution in [0.3, 0.4) is 0 Å². The summed E-state index contributed by atoms with van der Waals surface area (Å²) in [5.41, 5.74) is 6.29. The van der Waals surface area contributed by atoms with E-state index in [-0.39, 0.29) is 11.9 Å². The van der Waals surface area contributed by atoms with Crippen LogP contribution in [-0.4, -0.2) is 0 Å². The molecule has 1 atom stereocenters. The van der Waals surface area contributed by atoms with Gasteiger partial charge in [0.05, 0.1) is 6.04 Å². The molecular weight excluding hydrogens is 307 g/mol. The molecule has 2 aromatic rings. The summed E-state index contributed by atoms with van der Waals surface area (Å²) in [6.45, 7) is 3.94. The zero-order chi connectivity index (χ0) is 14.0. The van der Waals surface area contributed by atoms with Crippen LogP contribution in [0.25, 0.3) is 0 Å². The fraction of sp³-hybridized carbons (Fsp3) is 0.200. The van der Waals surface area contributed by atoms with E-state index in [1.54, 1.807) is 6.07 Å². The van der Waals surface area contributed by atoms with Gasteiger partial charge in [-0.05, 0) is 37.1 Å². The van der Waals surface area contributed by atoms with Crippen molar-refractivity contribution >= 4 is 15.9 Å². The van der Waals surface area contributed by atoms with E-state index in [1.165, 1.54) is 6.07 Å². The molecule has 0 fully saturated rings. The molecule has 2 rings (SSSR count). The Balaban J connectivity index is 2.49. The van der Waals surface area contributed by atoms with Gasteiger partial charge in [-0.2, -0.15) is 0 Å². The molecule has 0 bridgehead atoms. The van der Waals surface area contributed by atoms with E-state index < -0.39 is 0 Å². The molecule has 0 aromatic heterocycles. The first kappa shape index (κ1) is 14.2. The highest BCUT2D eigenvalue weighted by atomic mass is 79.9. The van der Waals surface area contributed by atoms with Crippen LogP contribution < -0.4 is 11.3 Å². The Morgan fingerprint density at radius 2 is 1.89 bits per heavy atom. The van der Waals surface area contributed by atoms with E-state index in [2.05, 4.69) is 21.4 Å². The predicted molar refractivity (Wildman–Crippen MR) is 79.2 cm³/mol. The Kier molecular flexibility index (Phi) is 4.34.